The van der Waals surface area contributed by atoms with Crippen molar-refractivity contribution in [2.75, 3.05) is 26.7 Å². The molecule has 20 heavy (non-hydrogen) atoms. The van der Waals surface area contributed by atoms with Crippen LogP contribution in [-0.2, 0) is 4.74 Å². The van der Waals surface area contributed by atoms with Gasteiger partial charge in [-0.05, 0) is 57.0 Å². The third-order valence-electron chi connectivity index (χ3n) is 3.91. The zero-order valence-corrected chi connectivity index (χ0v) is 12.2. The van der Waals surface area contributed by atoms with E-state index >= 15 is 0 Å². The van der Waals surface area contributed by atoms with Crippen LogP contribution < -0.4 is 5.73 Å². The van der Waals surface area contributed by atoms with Gasteiger partial charge in [0.15, 0.2) is 0 Å². The SMILES string of the molecule is CN(CCC(N)c1ccc(F)cc1)CC1CCCCO1. The van der Waals surface area contributed by atoms with Crippen molar-refractivity contribution < 1.29 is 9.13 Å². The summed E-state index contributed by atoms with van der Waals surface area (Å²) in [5, 5.41) is 0. The first kappa shape index (κ1) is 15.4. The van der Waals surface area contributed by atoms with Crippen molar-refractivity contribution in [3.63, 3.8) is 0 Å². The maximum Gasteiger partial charge on any atom is 0.123 e. The normalized spacial score (nSPS) is 21.1. The van der Waals surface area contributed by atoms with E-state index in [1.54, 1.807) is 12.1 Å². The van der Waals surface area contributed by atoms with Crippen LogP contribution in [0.1, 0.15) is 37.3 Å². The molecular formula is C16H25FN2O. The lowest BCUT2D eigenvalue weighted by Crippen LogP contribution is -2.34. The van der Waals surface area contributed by atoms with E-state index in [9.17, 15) is 4.39 Å². The lowest BCUT2D eigenvalue weighted by Gasteiger charge is -2.28. The van der Waals surface area contributed by atoms with Crippen LogP contribution in [0.5, 0.6) is 0 Å². The number of hydrogen-bond acceptors (Lipinski definition) is 3. The monoisotopic (exact) mass is 280 g/mol. The summed E-state index contributed by atoms with van der Waals surface area (Å²) in [5.41, 5.74) is 7.14. The molecule has 1 fully saturated rings. The molecule has 3 nitrogen and oxygen atoms in total. The van der Waals surface area contributed by atoms with Crippen LogP contribution in [0.2, 0.25) is 0 Å². The zero-order chi connectivity index (χ0) is 14.4. The van der Waals surface area contributed by atoms with Gasteiger partial charge in [-0.25, -0.2) is 4.39 Å². The summed E-state index contributed by atoms with van der Waals surface area (Å²) in [6.07, 6.45) is 4.86. The highest BCUT2D eigenvalue weighted by molar-refractivity contribution is 5.19. The molecule has 0 aliphatic carbocycles. The van der Waals surface area contributed by atoms with E-state index in [1.807, 2.05) is 0 Å². The van der Waals surface area contributed by atoms with Gasteiger partial charge in [-0.15, -0.1) is 0 Å². The summed E-state index contributed by atoms with van der Waals surface area (Å²) >= 11 is 0. The Kier molecular flexibility index (Phi) is 5.95. The van der Waals surface area contributed by atoms with Crippen LogP contribution >= 0.6 is 0 Å². The lowest BCUT2D eigenvalue weighted by molar-refractivity contribution is -0.00175. The van der Waals surface area contributed by atoms with Crippen LogP contribution in [0.15, 0.2) is 24.3 Å². The predicted octanol–water partition coefficient (Wildman–Crippen LogP) is 2.72. The fourth-order valence-corrected chi connectivity index (χ4v) is 2.63. The Balaban J connectivity index is 1.71. The molecule has 2 atom stereocenters. The van der Waals surface area contributed by atoms with Gasteiger partial charge in [0, 0.05) is 19.2 Å². The van der Waals surface area contributed by atoms with E-state index in [1.165, 1.54) is 25.0 Å². The Labute approximate surface area is 120 Å². The van der Waals surface area contributed by atoms with E-state index in [4.69, 9.17) is 10.5 Å². The molecule has 1 heterocycles. The summed E-state index contributed by atoms with van der Waals surface area (Å²) in [6.45, 7) is 2.79. The standard InChI is InChI=1S/C16H25FN2O/c1-19(12-15-4-2-3-11-20-15)10-9-16(18)13-5-7-14(17)8-6-13/h5-8,15-16H,2-4,9-12,18H2,1H3. The first-order chi connectivity index (χ1) is 9.65. The highest BCUT2D eigenvalue weighted by Gasteiger charge is 2.16. The molecule has 4 heteroatoms. The van der Waals surface area contributed by atoms with Gasteiger partial charge in [0.1, 0.15) is 5.82 Å². The summed E-state index contributed by atoms with van der Waals surface area (Å²) in [6, 6.07) is 6.43. The highest BCUT2D eigenvalue weighted by Crippen LogP contribution is 2.16. The molecule has 0 amide bonds. The third kappa shape index (κ3) is 4.85. The Morgan fingerprint density at radius 3 is 2.75 bits per heavy atom. The largest absolute Gasteiger partial charge is 0.377 e. The summed E-state index contributed by atoms with van der Waals surface area (Å²) in [7, 11) is 2.11. The highest BCUT2D eigenvalue weighted by atomic mass is 19.1. The molecule has 0 bridgehead atoms. The van der Waals surface area contributed by atoms with Crippen molar-refractivity contribution in [1.82, 2.24) is 4.90 Å². The number of likely N-dealkylation sites (N-methyl/N-ethyl adjacent to an activating group) is 1. The molecule has 1 saturated heterocycles. The third-order valence-corrected chi connectivity index (χ3v) is 3.91. The number of hydrogen-bond donors (Lipinski definition) is 1. The minimum Gasteiger partial charge on any atom is -0.377 e. The lowest BCUT2D eigenvalue weighted by atomic mass is 10.0. The van der Waals surface area contributed by atoms with Crippen molar-refractivity contribution in [3.8, 4) is 0 Å². The van der Waals surface area contributed by atoms with Gasteiger partial charge in [0.2, 0.25) is 0 Å². The molecule has 0 radical (unpaired) electrons. The summed E-state index contributed by atoms with van der Waals surface area (Å²) in [4.78, 5) is 2.28. The molecule has 1 aromatic carbocycles. The number of nitrogens with zero attached hydrogens (tertiary/aromatic N) is 1. The number of ether oxygens (including phenoxy) is 1. The van der Waals surface area contributed by atoms with Crippen LogP contribution in [0.4, 0.5) is 4.39 Å². The van der Waals surface area contributed by atoms with Gasteiger partial charge in [-0.2, -0.15) is 0 Å². The quantitative estimate of drug-likeness (QED) is 0.870. The fraction of sp³-hybridized carbons (Fsp3) is 0.625. The molecular weight excluding hydrogens is 255 g/mol. The topological polar surface area (TPSA) is 38.5 Å². The number of nitrogens with two attached hydrogens (primary N) is 1. The van der Waals surface area contributed by atoms with E-state index in [-0.39, 0.29) is 11.9 Å². The molecule has 0 aromatic heterocycles. The average Bonchev–Trinajstić information content (AvgIpc) is 2.46. The first-order valence-corrected chi connectivity index (χ1v) is 7.46. The second-order valence-electron chi connectivity index (χ2n) is 5.70. The molecule has 0 saturated carbocycles. The molecule has 2 unspecified atom stereocenters. The summed E-state index contributed by atoms with van der Waals surface area (Å²) in [5.74, 6) is -0.215. The Morgan fingerprint density at radius 1 is 1.35 bits per heavy atom. The predicted molar refractivity (Wildman–Crippen MR) is 79.0 cm³/mol. The van der Waals surface area contributed by atoms with Crippen molar-refractivity contribution in [1.29, 1.82) is 0 Å². The molecule has 1 aromatic rings. The number of halogens is 1. The second-order valence-corrected chi connectivity index (χ2v) is 5.70. The van der Waals surface area contributed by atoms with Gasteiger partial charge in [0.05, 0.1) is 6.10 Å². The molecule has 0 spiro atoms. The molecule has 112 valence electrons. The van der Waals surface area contributed by atoms with E-state index < -0.39 is 0 Å². The van der Waals surface area contributed by atoms with Gasteiger partial charge in [-0.3, -0.25) is 0 Å². The van der Waals surface area contributed by atoms with Crippen LogP contribution in [0.25, 0.3) is 0 Å². The average molecular weight is 280 g/mol. The number of benzene rings is 1. The minimum atomic E-state index is -0.215. The Bertz CT molecular complexity index is 390. The number of rotatable bonds is 6. The summed E-state index contributed by atoms with van der Waals surface area (Å²) < 4.78 is 18.6. The molecule has 2 rings (SSSR count). The second kappa shape index (κ2) is 7.72. The van der Waals surface area contributed by atoms with Gasteiger partial charge >= 0.3 is 0 Å². The Morgan fingerprint density at radius 2 is 2.10 bits per heavy atom. The zero-order valence-electron chi connectivity index (χ0n) is 12.2. The van der Waals surface area contributed by atoms with Crippen LogP contribution in [0.3, 0.4) is 0 Å². The van der Waals surface area contributed by atoms with Crippen molar-refractivity contribution >= 4 is 0 Å². The van der Waals surface area contributed by atoms with E-state index in [0.717, 1.165) is 38.1 Å². The van der Waals surface area contributed by atoms with E-state index in [0.29, 0.717) is 6.10 Å². The molecule has 2 N–H and O–H groups in total. The fourth-order valence-electron chi connectivity index (χ4n) is 2.63. The van der Waals surface area contributed by atoms with E-state index in [2.05, 4.69) is 11.9 Å². The van der Waals surface area contributed by atoms with Gasteiger partial charge in [-0.1, -0.05) is 12.1 Å². The molecule has 1 aliphatic heterocycles. The van der Waals surface area contributed by atoms with Gasteiger partial charge in [0.25, 0.3) is 0 Å². The maximum absolute atomic E-state index is 12.9. The van der Waals surface area contributed by atoms with Crippen LogP contribution in [-0.4, -0.2) is 37.7 Å². The maximum atomic E-state index is 12.9. The van der Waals surface area contributed by atoms with Gasteiger partial charge < -0.3 is 15.4 Å². The van der Waals surface area contributed by atoms with Crippen molar-refractivity contribution in [2.45, 2.75) is 37.8 Å². The Hall–Kier alpha value is -0.970. The first-order valence-electron chi connectivity index (χ1n) is 7.46. The van der Waals surface area contributed by atoms with Crippen molar-refractivity contribution in [2.24, 2.45) is 5.73 Å². The van der Waals surface area contributed by atoms with Crippen molar-refractivity contribution in [3.05, 3.63) is 35.6 Å². The van der Waals surface area contributed by atoms with Crippen LogP contribution in [0, 0.1) is 5.82 Å². The smallest absolute Gasteiger partial charge is 0.123 e. The minimum absolute atomic E-state index is 0.0367. The molecule has 1 aliphatic rings.